The molecule has 0 aromatic carbocycles. The van der Waals surface area contributed by atoms with Crippen molar-refractivity contribution in [2.24, 2.45) is 5.92 Å². The van der Waals surface area contributed by atoms with Gasteiger partial charge >= 0.3 is 5.97 Å². The number of carboxylic acid groups (broad SMARTS) is 1. The van der Waals surface area contributed by atoms with Crippen molar-refractivity contribution in [3.8, 4) is 0 Å². The molecule has 15 heavy (non-hydrogen) atoms. The van der Waals surface area contributed by atoms with Crippen LogP contribution < -0.4 is 0 Å². The topological polar surface area (TPSA) is 57.6 Å². The highest BCUT2D eigenvalue weighted by Crippen LogP contribution is 2.19. The van der Waals surface area contributed by atoms with E-state index in [2.05, 4.69) is 0 Å². The Kier molecular flexibility index (Phi) is 4.45. The molecule has 0 spiro atoms. The van der Waals surface area contributed by atoms with Crippen LogP contribution in [0.1, 0.15) is 19.8 Å². The minimum Gasteiger partial charge on any atom is -0.481 e. The highest BCUT2D eigenvalue weighted by Gasteiger charge is 2.28. The number of thioether (sulfide) groups is 1. The van der Waals surface area contributed by atoms with Crippen LogP contribution in [0.5, 0.6) is 0 Å². The first-order valence-corrected chi connectivity index (χ1v) is 6.39. The maximum absolute atomic E-state index is 11.8. The van der Waals surface area contributed by atoms with Gasteiger partial charge < -0.3 is 10.0 Å². The van der Waals surface area contributed by atoms with Gasteiger partial charge in [-0.3, -0.25) is 9.59 Å². The van der Waals surface area contributed by atoms with E-state index in [4.69, 9.17) is 5.11 Å². The molecule has 0 saturated carbocycles. The molecule has 1 rings (SSSR count). The van der Waals surface area contributed by atoms with Gasteiger partial charge in [-0.05, 0) is 26.0 Å². The number of carboxylic acids is 1. The first kappa shape index (κ1) is 12.4. The largest absolute Gasteiger partial charge is 0.481 e. The predicted octanol–water partition coefficient (Wildman–Crippen LogP) is 1.06. The number of piperidine rings is 1. The third-order valence-electron chi connectivity index (χ3n) is 2.86. The van der Waals surface area contributed by atoms with E-state index in [1.165, 1.54) is 11.8 Å². The van der Waals surface area contributed by atoms with Crippen molar-refractivity contribution in [2.45, 2.75) is 25.0 Å². The monoisotopic (exact) mass is 231 g/mol. The van der Waals surface area contributed by atoms with Gasteiger partial charge in [0.05, 0.1) is 11.2 Å². The number of carbonyl (C=O) groups is 2. The quantitative estimate of drug-likeness (QED) is 0.789. The van der Waals surface area contributed by atoms with E-state index in [1.807, 2.05) is 13.2 Å². The highest BCUT2D eigenvalue weighted by molar-refractivity contribution is 7.99. The second-order valence-corrected chi connectivity index (χ2v) is 4.99. The van der Waals surface area contributed by atoms with Gasteiger partial charge in [-0.15, -0.1) is 0 Å². The van der Waals surface area contributed by atoms with Gasteiger partial charge in [-0.1, -0.05) is 0 Å². The summed E-state index contributed by atoms with van der Waals surface area (Å²) in [5, 5.41) is 8.79. The van der Waals surface area contributed by atoms with Gasteiger partial charge in [0.15, 0.2) is 0 Å². The van der Waals surface area contributed by atoms with Crippen molar-refractivity contribution < 1.29 is 14.7 Å². The summed E-state index contributed by atoms with van der Waals surface area (Å²) in [6, 6.07) is 0. The van der Waals surface area contributed by atoms with Crippen molar-refractivity contribution in [1.29, 1.82) is 0 Å². The molecule has 1 unspecified atom stereocenters. The summed E-state index contributed by atoms with van der Waals surface area (Å²) >= 11 is 1.53. The predicted molar refractivity (Wildman–Crippen MR) is 59.9 cm³/mol. The van der Waals surface area contributed by atoms with Gasteiger partial charge in [-0.2, -0.15) is 11.8 Å². The Morgan fingerprint density at radius 1 is 1.40 bits per heavy atom. The molecule has 1 aliphatic rings. The van der Waals surface area contributed by atoms with Crippen molar-refractivity contribution in [2.75, 3.05) is 19.3 Å². The normalized spacial score (nSPS) is 20.0. The lowest BCUT2D eigenvalue weighted by Crippen LogP contribution is -2.43. The molecule has 86 valence electrons. The molecule has 4 nitrogen and oxygen atoms in total. The third-order valence-corrected chi connectivity index (χ3v) is 3.77. The fourth-order valence-corrected chi connectivity index (χ4v) is 2.06. The zero-order chi connectivity index (χ0) is 11.4. The molecule has 1 heterocycles. The first-order valence-electron chi connectivity index (χ1n) is 5.10. The van der Waals surface area contributed by atoms with Crippen LogP contribution in [0.4, 0.5) is 0 Å². The Morgan fingerprint density at radius 2 is 1.93 bits per heavy atom. The van der Waals surface area contributed by atoms with Crippen LogP contribution in [-0.2, 0) is 9.59 Å². The summed E-state index contributed by atoms with van der Waals surface area (Å²) in [5.41, 5.74) is 0. The number of likely N-dealkylation sites (tertiary alicyclic amines) is 1. The molecule has 0 aromatic heterocycles. The van der Waals surface area contributed by atoms with Crippen LogP contribution in [0.3, 0.4) is 0 Å². The van der Waals surface area contributed by atoms with Crippen LogP contribution in [-0.4, -0.2) is 46.5 Å². The zero-order valence-electron chi connectivity index (χ0n) is 9.10. The molecule has 0 aliphatic carbocycles. The maximum atomic E-state index is 11.8. The second-order valence-electron chi connectivity index (χ2n) is 3.82. The lowest BCUT2D eigenvalue weighted by atomic mass is 9.97. The number of hydrogen-bond donors (Lipinski definition) is 1. The molecular formula is C10H17NO3S. The van der Waals surface area contributed by atoms with Crippen LogP contribution in [0.25, 0.3) is 0 Å². The van der Waals surface area contributed by atoms with Crippen molar-refractivity contribution in [3.63, 3.8) is 0 Å². The Bertz CT molecular complexity index is 249. The van der Waals surface area contributed by atoms with Crippen LogP contribution >= 0.6 is 11.8 Å². The van der Waals surface area contributed by atoms with Crippen LogP contribution in [0, 0.1) is 5.92 Å². The van der Waals surface area contributed by atoms with Crippen molar-refractivity contribution in [3.05, 3.63) is 0 Å². The lowest BCUT2D eigenvalue weighted by Gasteiger charge is -2.31. The summed E-state index contributed by atoms with van der Waals surface area (Å²) < 4.78 is 0. The molecule has 1 aliphatic heterocycles. The van der Waals surface area contributed by atoms with Crippen LogP contribution in [0.15, 0.2) is 0 Å². The van der Waals surface area contributed by atoms with Gasteiger partial charge in [0.2, 0.25) is 5.91 Å². The summed E-state index contributed by atoms with van der Waals surface area (Å²) in [4.78, 5) is 24.3. The van der Waals surface area contributed by atoms with E-state index < -0.39 is 5.97 Å². The van der Waals surface area contributed by atoms with Gasteiger partial charge in [0.25, 0.3) is 0 Å². The smallest absolute Gasteiger partial charge is 0.306 e. The van der Waals surface area contributed by atoms with E-state index in [-0.39, 0.29) is 17.1 Å². The van der Waals surface area contributed by atoms with E-state index in [0.717, 1.165) is 0 Å². The molecular weight excluding hydrogens is 214 g/mol. The number of nitrogens with zero attached hydrogens (tertiary/aromatic N) is 1. The standard InChI is InChI=1S/C10H17NO3S/c1-7(15-2)9(12)11-5-3-8(4-6-11)10(13)14/h7-8H,3-6H2,1-2H3,(H,13,14). The number of hydrogen-bond acceptors (Lipinski definition) is 3. The average Bonchev–Trinajstić information content (AvgIpc) is 2.27. The van der Waals surface area contributed by atoms with E-state index in [0.29, 0.717) is 25.9 Å². The van der Waals surface area contributed by atoms with E-state index in [9.17, 15) is 9.59 Å². The molecule has 0 aromatic rings. The average molecular weight is 231 g/mol. The molecule has 1 N–H and O–H groups in total. The van der Waals surface area contributed by atoms with Gasteiger partial charge in [0, 0.05) is 13.1 Å². The third kappa shape index (κ3) is 3.12. The van der Waals surface area contributed by atoms with Gasteiger partial charge in [-0.25, -0.2) is 0 Å². The van der Waals surface area contributed by atoms with Crippen LogP contribution in [0.2, 0.25) is 0 Å². The fourth-order valence-electron chi connectivity index (χ4n) is 1.70. The first-order chi connectivity index (χ1) is 7.06. The molecule has 0 bridgehead atoms. The van der Waals surface area contributed by atoms with Crippen molar-refractivity contribution >= 4 is 23.6 Å². The Hall–Kier alpha value is -0.710. The number of aliphatic carboxylic acids is 1. The molecule has 5 heteroatoms. The minimum absolute atomic E-state index is 0.0219. The number of carbonyl (C=O) groups excluding carboxylic acids is 1. The number of rotatable bonds is 3. The second kappa shape index (κ2) is 5.39. The number of amides is 1. The molecule has 1 fully saturated rings. The summed E-state index contributed by atoms with van der Waals surface area (Å²) in [6.07, 6.45) is 3.08. The highest BCUT2D eigenvalue weighted by atomic mass is 32.2. The Morgan fingerprint density at radius 3 is 2.33 bits per heavy atom. The molecule has 0 radical (unpaired) electrons. The SMILES string of the molecule is CSC(C)C(=O)N1CCC(C(=O)O)CC1. The minimum atomic E-state index is -0.736. The Labute approximate surface area is 94.0 Å². The maximum Gasteiger partial charge on any atom is 0.306 e. The molecule has 1 amide bonds. The summed E-state index contributed by atoms with van der Waals surface area (Å²) in [7, 11) is 0. The Balaban J connectivity index is 2.43. The summed E-state index contributed by atoms with van der Waals surface area (Å²) in [5.74, 6) is -0.870. The summed E-state index contributed by atoms with van der Waals surface area (Å²) in [6.45, 7) is 3.05. The zero-order valence-corrected chi connectivity index (χ0v) is 9.92. The van der Waals surface area contributed by atoms with Crippen molar-refractivity contribution in [1.82, 2.24) is 4.90 Å². The molecule has 1 atom stereocenters. The fraction of sp³-hybridized carbons (Fsp3) is 0.800. The van der Waals surface area contributed by atoms with E-state index >= 15 is 0 Å². The molecule has 1 saturated heterocycles. The van der Waals surface area contributed by atoms with Gasteiger partial charge in [0.1, 0.15) is 0 Å². The van der Waals surface area contributed by atoms with E-state index in [1.54, 1.807) is 4.90 Å². The lowest BCUT2D eigenvalue weighted by molar-refractivity contribution is -0.145.